The van der Waals surface area contributed by atoms with Crippen LogP contribution in [0.3, 0.4) is 0 Å². The predicted molar refractivity (Wildman–Crippen MR) is 125 cm³/mol. The standard InChI is InChI=1S/C21H27N5OS3/c1-15-4-7-25(8-5-15)20-23-24-21(26(20)11-18-3-2-9-27-18)30-14-17-13-29-19(22-17)16-6-10-28-12-16/h6,10,12-13,15,18H,2-5,7-9,11,14H2,1H3. The maximum Gasteiger partial charge on any atom is 0.228 e. The Balaban J connectivity index is 1.32. The van der Waals surface area contributed by atoms with Gasteiger partial charge in [0.05, 0.1) is 18.3 Å². The van der Waals surface area contributed by atoms with Crippen molar-refractivity contribution in [3.63, 3.8) is 0 Å². The highest BCUT2D eigenvalue weighted by atomic mass is 32.2. The Bertz CT molecular complexity index is 940. The molecule has 0 aliphatic carbocycles. The van der Waals surface area contributed by atoms with E-state index in [1.807, 2.05) is 0 Å². The molecule has 0 spiro atoms. The highest BCUT2D eigenvalue weighted by Crippen LogP contribution is 2.31. The zero-order valence-corrected chi connectivity index (χ0v) is 19.6. The first kappa shape index (κ1) is 20.5. The average molecular weight is 462 g/mol. The lowest BCUT2D eigenvalue weighted by molar-refractivity contribution is 0.0951. The van der Waals surface area contributed by atoms with E-state index < -0.39 is 0 Å². The van der Waals surface area contributed by atoms with Gasteiger partial charge in [-0.25, -0.2) is 4.98 Å². The first-order chi connectivity index (χ1) is 14.8. The zero-order chi connectivity index (χ0) is 20.3. The van der Waals surface area contributed by atoms with Crippen LogP contribution in [0.25, 0.3) is 10.6 Å². The lowest BCUT2D eigenvalue weighted by Gasteiger charge is -2.31. The fraction of sp³-hybridized carbons (Fsp3) is 0.571. The van der Waals surface area contributed by atoms with Gasteiger partial charge in [0.1, 0.15) is 5.01 Å². The molecule has 2 saturated heterocycles. The van der Waals surface area contributed by atoms with Crippen LogP contribution >= 0.6 is 34.4 Å². The monoisotopic (exact) mass is 461 g/mol. The van der Waals surface area contributed by atoms with Crippen LogP contribution in [0.2, 0.25) is 0 Å². The molecule has 6 nitrogen and oxygen atoms in total. The fourth-order valence-electron chi connectivity index (χ4n) is 4.01. The van der Waals surface area contributed by atoms with E-state index in [-0.39, 0.29) is 6.10 Å². The van der Waals surface area contributed by atoms with Crippen molar-refractivity contribution in [2.75, 3.05) is 24.6 Å². The summed E-state index contributed by atoms with van der Waals surface area (Å²) in [5, 5.41) is 17.7. The second-order valence-electron chi connectivity index (χ2n) is 8.14. The molecule has 0 radical (unpaired) electrons. The number of aromatic nitrogens is 4. The molecule has 5 rings (SSSR count). The average Bonchev–Trinajstić information content (AvgIpc) is 3.55. The molecule has 5 heterocycles. The molecule has 9 heteroatoms. The molecule has 0 bridgehead atoms. The third kappa shape index (κ3) is 4.59. The predicted octanol–water partition coefficient (Wildman–Crippen LogP) is 5.17. The van der Waals surface area contributed by atoms with Gasteiger partial charge in [0.15, 0.2) is 5.16 Å². The molecule has 160 valence electrons. The van der Waals surface area contributed by atoms with Crippen molar-refractivity contribution >= 4 is 40.4 Å². The highest BCUT2D eigenvalue weighted by molar-refractivity contribution is 7.98. The van der Waals surface area contributed by atoms with E-state index in [9.17, 15) is 0 Å². The number of nitrogens with zero attached hydrogens (tertiary/aromatic N) is 5. The van der Waals surface area contributed by atoms with E-state index in [1.54, 1.807) is 34.4 Å². The highest BCUT2D eigenvalue weighted by Gasteiger charge is 2.26. The molecule has 0 saturated carbocycles. The second kappa shape index (κ2) is 9.38. The summed E-state index contributed by atoms with van der Waals surface area (Å²) in [6.45, 7) is 6.18. The Morgan fingerprint density at radius 3 is 2.87 bits per heavy atom. The largest absolute Gasteiger partial charge is 0.376 e. The summed E-state index contributed by atoms with van der Waals surface area (Å²) in [5.41, 5.74) is 2.32. The number of thiophene rings is 1. The Morgan fingerprint density at radius 2 is 2.10 bits per heavy atom. The Labute approximate surface area is 189 Å². The summed E-state index contributed by atoms with van der Waals surface area (Å²) in [7, 11) is 0. The SMILES string of the molecule is CC1CCN(c2nnc(SCc3csc(-c4ccsc4)n3)n2CC2CCCO2)CC1. The first-order valence-electron chi connectivity index (χ1n) is 10.7. The van der Waals surface area contributed by atoms with E-state index in [2.05, 4.69) is 48.8 Å². The minimum absolute atomic E-state index is 0.271. The topological polar surface area (TPSA) is 56.1 Å². The third-order valence-corrected chi connectivity index (χ3v) is 8.47. The molecular weight excluding hydrogens is 434 g/mol. The molecule has 1 atom stereocenters. The van der Waals surface area contributed by atoms with E-state index >= 15 is 0 Å². The van der Waals surface area contributed by atoms with Crippen LogP contribution in [-0.2, 0) is 17.0 Å². The number of rotatable bonds is 7. The number of piperidine rings is 1. The second-order valence-corrected chi connectivity index (χ2v) is 10.7. The minimum Gasteiger partial charge on any atom is -0.376 e. The van der Waals surface area contributed by atoms with Gasteiger partial charge < -0.3 is 9.64 Å². The van der Waals surface area contributed by atoms with E-state index in [0.717, 1.165) is 72.6 Å². The molecule has 2 aliphatic rings. The van der Waals surface area contributed by atoms with Crippen LogP contribution in [0.4, 0.5) is 5.95 Å². The van der Waals surface area contributed by atoms with Crippen molar-refractivity contribution in [1.82, 2.24) is 19.7 Å². The van der Waals surface area contributed by atoms with Crippen molar-refractivity contribution in [1.29, 1.82) is 0 Å². The van der Waals surface area contributed by atoms with Gasteiger partial charge in [-0.15, -0.1) is 21.5 Å². The summed E-state index contributed by atoms with van der Waals surface area (Å²) in [6, 6.07) is 2.13. The number of ether oxygens (including phenoxy) is 1. The van der Waals surface area contributed by atoms with Crippen molar-refractivity contribution in [2.24, 2.45) is 5.92 Å². The lowest BCUT2D eigenvalue weighted by atomic mass is 10.00. The van der Waals surface area contributed by atoms with E-state index in [1.165, 1.54) is 18.4 Å². The zero-order valence-electron chi connectivity index (χ0n) is 17.2. The molecule has 2 aliphatic heterocycles. The maximum atomic E-state index is 5.93. The van der Waals surface area contributed by atoms with Crippen LogP contribution in [0.5, 0.6) is 0 Å². The maximum absolute atomic E-state index is 5.93. The van der Waals surface area contributed by atoms with Crippen molar-refractivity contribution < 1.29 is 4.74 Å². The Hall–Kier alpha value is -1.42. The van der Waals surface area contributed by atoms with Crippen LogP contribution < -0.4 is 4.90 Å². The number of thiazole rings is 1. The van der Waals surface area contributed by atoms with Gasteiger partial charge in [-0.3, -0.25) is 4.57 Å². The van der Waals surface area contributed by atoms with Crippen LogP contribution in [0, 0.1) is 5.92 Å². The molecule has 0 aromatic carbocycles. The van der Waals surface area contributed by atoms with Crippen molar-refractivity contribution in [3.05, 3.63) is 27.9 Å². The van der Waals surface area contributed by atoms with Gasteiger partial charge in [-0.2, -0.15) is 11.3 Å². The normalized spacial score (nSPS) is 20.3. The summed E-state index contributed by atoms with van der Waals surface area (Å²) < 4.78 is 8.23. The van der Waals surface area contributed by atoms with E-state index in [4.69, 9.17) is 9.72 Å². The Kier molecular flexibility index (Phi) is 6.40. The van der Waals surface area contributed by atoms with Crippen molar-refractivity contribution in [2.45, 2.75) is 56.2 Å². The quantitative estimate of drug-likeness (QED) is 0.453. The van der Waals surface area contributed by atoms with Crippen molar-refractivity contribution in [3.8, 4) is 10.6 Å². The summed E-state index contributed by atoms with van der Waals surface area (Å²) in [4.78, 5) is 7.22. The first-order valence-corrected chi connectivity index (χ1v) is 13.5. The molecular formula is C21H27N5OS3. The lowest BCUT2D eigenvalue weighted by Crippen LogP contribution is -2.35. The summed E-state index contributed by atoms with van der Waals surface area (Å²) >= 11 is 5.16. The molecule has 3 aromatic rings. The molecule has 0 amide bonds. The van der Waals surface area contributed by atoms with Gasteiger partial charge in [0.2, 0.25) is 5.95 Å². The van der Waals surface area contributed by atoms with Crippen LogP contribution in [-0.4, -0.2) is 45.5 Å². The fourth-order valence-corrected chi connectivity index (χ4v) is 6.49. The Morgan fingerprint density at radius 1 is 1.20 bits per heavy atom. The number of hydrogen-bond donors (Lipinski definition) is 0. The van der Waals surface area contributed by atoms with E-state index in [0.29, 0.717) is 0 Å². The number of thioether (sulfide) groups is 1. The minimum atomic E-state index is 0.271. The van der Waals surface area contributed by atoms with Gasteiger partial charge in [0.25, 0.3) is 0 Å². The van der Waals surface area contributed by atoms with Crippen LogP contribution in [0.15, 0.2) is 27.4 Å². The van der Waals surface area contributed by atoms with Gasteiger partial charge in [-0.05, 0) is 43.0 Å². The van der Waals surface area contributed by atoms with Gasteiger partial charge >= 0.3 is 0 Å². The van der Waals surface area contributed by atoms with Crippen LogP contribution in [0.1, 0.15) is 38.3 Å². The van der Waals surface area contributed by atoms with Gasteiger partial charge in [0, 0.05) is 41.8 Å². The number of hydrogen-bond acceptors (Lipinski definition) is 8. The molecule has 30 heavy (non-hydrogen) atoms. The number of anilines is 1. The summed E-state index contributed by atoms with van der Waals surface area (Å²) in [5.74, 6) is 2.62. The summed E-state index contributed by atoms with van der Waals surface area (Å²) in [6.07, 6.45) is 4.98. The van der Waals surface area contributed by atoms with Gasteiger partial charge in [-0.1, -0.05) is 18.7 Å². The third-order valence-electron chi connectivity index (χ3n) is 5.84. The molecule has 2 fully saturated rings. The molecule has 3 aromatic heterocycles. The smallest absolute Gasteiger partial charge is 0.228 e. The molecule has 1 unspecified atom stereocenters. The molecule has 0 N–H and O–H groups in total.